The summed E-state index contributed by atoms with van der Waals surface area (Å²) in [6, 6.07) is 11.0. The Morgan fingerprint density at radius 2 is 1.92 bits per heavy atom. The molecule has 1 radical (unpaired) electrons. The Kier molecular flexibility index (Phi) is 2.52. The van der Waals surface area contributed by atoms with Gasteiger partial charge in [-0.25, -0.2) is 0 Å². The summed E-state index contributed by atoms with van der Waals surface area (Å²) in [4.78, 5) is 0. The van der Waals surface area contributed by atoms with E-state index in [0.717, 1.165) is 10.8 Å². The summed E-state index contributed by atoms with van der Waals surface area (Å²) in [5.41, 5.74) is 0. The average molecular weight is 210 g/mol. The van der Waals surface area contributed by atoms with Gasteiger partial charge in [-0.3, -0.25) is 0 Å². The van der Waals surface area contributed by atoms with E-state index in [-0.39, 0.29) is 0 Å². The van der Waals surface area contributed by atoms with E-state index in [2.05, 4.69) is 5.38 Å². The molecule has 1 heterocycles. The maximum absolute atomic E-state index is 5.73. The SMILES string of the molecule is Clc1ccc(Oc2cc[c]s2)cc1. The maximum Gasteiger partial charge on any atom is 0.181 e. The van der Waals surface area contributed by atoms with Gasteiger partial charge in [0.1, 0.15) is 5.75 Å². The minimum atomic E-state index is 0.713. The molecule has 0 spiro atoms. The lowest BCUT2D eigenvalue weighted by molar-refractivity contribution is 0.496. The van der Waals surface area contributed by atoms with Gasteiger partial charge < -0.3 is 4.74 Å². The number of thiophene rings is 1. The van der Waals surface area contributed by atoms with E-state index < -0.39 is 0 Å². The van der Waals surface area contributed by atoms with Crippen molar-refractivity contribution in [3.05, 3.63) is 46.8 Å². The largest absolute Gasteiger partial charge is 0.447 e. The molecule has 13 heavy (non-hydrogen) atoms. The number of hydrogen-bond acceptors (Lipinski definition) is 2. The predicted molar refractivity (Wildman–Crippen MR) is 54.7 cm³/mol. The van der Waals surface area contributed by atoms with Crippen LogP contribution in [0.15, 0.2) is 36.4 Å². The molecule has 0 atom stereocenters. The summed E-state index contributed by atoms with van der Waals surface area (Å²) >= 11 is 7.18. The van der Waals surface area contributed by atoms with Gasteiger partial charge in [-0.15, -0.1) is 0 Å². The second-order valence-corrected chi connectivity index (χ2v) is 3.71. The van der Waals surface area contributed by atoms with Gasteiger partial charge in [0.15, 0.2) is 5.06 Å². The molecule has 0 aliphatic rings. The van der Waals surface area contributed by atoms with Gasteiger partial charge >= 0.3 is 0 Å². The lowest BCUT2D eigenvalue weighted by atomic mass is 10.3. The molecule has 0 N–H and O–H groups in total. The van der Waals surface area contributed by atoms with Gasteiger partial charge in [-0.1, -0.05) is 22.9 Å². The Hall–Kier alpha value is -0.990. The van der Waals surface area contributed by atoms with Crippen LogP contribution in [0.25, 0.3) is 0 Å². The second kappa shape index (κ2) is 3.81. The maximum atomic E-state index is 5.73. The van der Waals surface area contributed by atoms with E-state index in [1.54, 1.807) is 12.1 Å². The van der Waals surface area contributed by atoms with Crippen LogP contribution in [0, 0.1) is 5.38 Å². The lowest BCUT2D eigenvalue weighted by Gasteiger charge is -2.01. The molecular formula is C10H6ClOS. The van der Waals surface area contributed by atoms with Crippen molar-refractivity contribution >= 4 is 22.9 Å². The molecule has 0 amide bonds. The van der Waals surface area contributed by atoms with Gasteiger partial charge in [-0.05, 0) is 36.4 Å². The zero-order chi connectivity index (χ0) is 9.10. The molecule has 0 bridgehead atoms. The molecule has 0 fully saturated rings. The number of hydrogen-bond donors (Lipinski definition) is 0. The zero-order valence-electron chi connectivity index (χ0n) is 6.66. The molecular weight excluding hydrogens is 204 g/mol. The van der Waals surface area contributed by atoms with Crippen LogP contribution in [0.5, 0.6) is 10.8 Å². The van der Waals surface area contributed by atoms with E-state index in [1.165, 1.54) is 11.3 Å². The number of rotatable bonds is 2. The van der Waals surface area contributed by atoms with Crippen molar-refractivity contribution in [2.45, 2.75) is 0 Å². The molecule has 2 aromatic rings. The standard InChI is InChI=1S/C10H6ClOS/c11-8-3-5-9(6-4-8)12-10-2-1-7-13-10/h1-6H. The quantitative estimate of drug-likeness (QED) is 0.727. The molecule has 3 heteroatoms. The predicted octanol–water partition coefficient (Wildman–Crippen LogP) is 3.99. The number of halogens is 1. The van der Waals surface area contributed by atoms with Gasteiger partial charge in [-0.2, -0.15) is 0 Å². The Labute approximate surface area is 85.5 Å². The Bertz CT molecular complexity index is 366. The fourth-order valence-corrected chi connectivity index (χ4v) is 1.55. The minimum Gasteiger partial charge on any atom is -0.447 e. The molecule has 0 aliphatic heterocycles. The van der Waals surface area contributed by atoms with E-state index >= 15 is 0 Å². The molecule has 1 aromatic heterocycles. The Morgan fingerprint density at radius 1 is 1.15 bits per heavy atom. The molecule has 65 valence electrons. The number of benzene rings is 1. The van der Waals surface area contributed by atoms with Crippen molar-refractivity contribution in [2.24, 2.45) is 0 Å². The first-order valence-electron chi connectivity index (χ1n) is 3.74. The fraction of sp³-hybridized carbons (Fsp3) is 0. The van der Waals surface area contributed by atoms with E-state index in [1.807, 2.05) is 24.3 Å². The molecule has 2 rings (SSSR count). The zero-order valence-corrected chi connectivity index (χ0v) is 8.23. The average Bonchev–Trinajstić information content (AvgIpc) is 2.62. The molecule has 0 unspecified atom stereocenters. The fourth-order valence-electron chi connectivity index (χ4n) is 0.902. The summed E-state index contributed by atoms with van der Waals surface area (Å²) in [5, 5.41) is 4.50. The van der Waals surface area contributed by atoms with E-state index in [0.29, 0.717) is 5.02 Å². The number of ether oxygens (including phenoxy) is 1. The second-order valence-electron chi connectivity index (χ2n) is 2.43. The molecule has 1 aromatic carbocycles. The van der Waals surface area contributed by atoms with Crippen LogP contribution in [0.1, 0.15) is 0 Å². The first-order valence-corrected chi connectivity index (χ1v) is 4.93. The third-order valence-corrected chi connectivity index (χ3v) is 2.41. The summed E-state index contributed by atoms with van der Waals surface area (Å²) in [7, 11) is 0. The highest BCUT2D eigenvalue weighted by molar-refractivity contribution is 7.11. The topological polar surface area (TPSA) is 9.23 Å². The Balaban J connectivity index is 2.15. The van der Waals surface area contributed by atoms with Crippen LogP contribution < -0.4 is 4.74 Å². The van der Waals surface area contributed by atoms with Crippen LogP contribution >= 0.6 is 22.9 Å². The highest BCUT2D eigenvalue weighted by Gasteiger charge is 1.96. The van der Waals surface area contributed by atoms with Crippen LogP contribution in [0.2, 0.25) is 5.02 Å². The van der Waals surface area contributed by atoms with E-state index in [4.69, 9.17) is 16.3 Å². The highest BCUT2D eigenvalue weighted by atomic mass is 35.5. The third-order valence-electron chi connectivity index (χ3n) is 1.48. The molecule has 1 nitrogen and oxygen atoms in total. The molecule has 0 saturated carbocycles. The van der Waals surface area contributed by atoms with Crippen molar-refractivity contribution < 1.29 is 4.74 Å². The van der Waals surface area contributed by atoms with Gasteiger partial charge in [0.2, 0.25) is 0 Å². The first-order chi connectivity index (χ1) is 6.34. The van der Waals surface area contributed by atoms with Gasteiger partial charge in [0.05, 0.1) is 0 Å². The van der Waals surface area contributed by atoms with Crippen LogP contribution in [-0.2, 0) is 0 Å². The molecule has 0 aliphatic carbocycles. The van der Waals surface area contributed by atoms with Crippen molar-refractivity contribution in [3.8, 4) is 10.8 Å². The summed E-state index contributed by atoms with van der Waals surface area (Å²) in [6.45, 7) is 0. The van der Waals surface area contributed by atoms with Crippen molar-refractivity contribution in [3.63, 3.8) is 0 Å². The smallest absolute Gasteiger partial charge is 0.181 e. The summed E-state index contributed by atoms with van der Waals surface area (Å²) < 4.78 is 5.50. The third kappa shape index (κ3) is 2.23. The highest BCUT2D eigenvalue weighted by Crippen LogP contribution is 2.26. The van der Waals surface area contributed by atoms with Gasteiger partial charge in [0.25, 0.3) is 0 Å². The van der Waals surface area contributed by atoms with Crippen LogP contribution in [-0.4, -0.2) is 0 Å². The van der Waals surface area contributed by atoms with Crippen molar-refractivity contribution in [1.29, 1.82) is 0 Å². The van der Waals surface area contributed by atoms with Crippen molar-refractivity contribution in [1.82, 2.24) is 0 Å². The summed E-state index contributed by atoms with van der Waals surface area (Å²) in [5.74, 6) is 0.792. The van der Waals surface area contributed by atoms with Crippen LogP contribution in [0.4, 0.5) is 0 Å². The van der Waals surface area contributed by atoms with E-state index in [9.17, 15) is 0 Å². The van der Waals surface area contributed by atoms with Gasteiger partial charge in [0, 0.05) is 10.4 Å². The summed E-state index contributed by atoms with van der Waals surface area (Å²) in [6.07, 6.45) is 0. The molecule has 0 saturated heterocycles. The lowest BCUT2D eigenvalue weighted by Crippen LogP contribution is -1.78. The van der Waals surface area contributed by atoms with Crippen molar-refractivity contribution in [2.75, 3.05) is 0 Å². The Morgan fingerprint density at radius 3 is 2.54 bits per heavy atom. The van der Waals surface area contributed by atoms with Crippen LogP contribution in [0.3, 0.4) is 0 Å². The first kappa shape index (κ1) is 8.60. The minimum absolute atomic E-state index is 0.713. The monoisotopic (exact) mass is 209 g/mol. The normalized spacial score (nSPS) is 9.92.